The van der Waals surface area contributed by atoms with Gasteiger partial charge < -0.3 is 19.7 Å². The molecule has 1 aliphatic heterocycles. The molecule has 2 aromatic carbocycles. The van der Waals surface area contributed by atoms with Crippen LogP contribution in [-0.2, 0) is 4.74 Å². The number of benzene rings is 2. The molecule has 1 N–H and O–H groups in total. The molecular formula is C25H26FN3O3. The highest BCUT2D eigenvalue weighted by Gasteiger charge is 2.23. The fourth-order valence-corrected chi connectivity index (χ4v) is 3.99. The number of halogens is 1. The maximum Gasteiger partial charge on any atom is 0.340 e. The molecule has 4 rings (SSSR count). The Balaban J connectivity index is 1.54. The number of aromatic nitrogens is 1. The molecule has 0 spiro atoms. The lowest BCUT2D eigenvalue weighted by atomic mass is 9.92. The van der Waals surface area contributed by atoms with Crippen LogP contribution in [0, 0.1) is 0 Å². The van der Waals surface area contributed by atoms with Crippen molar-refractivity contribution in [1.29, 1.82) is 0 Å². The molecule has 0 amide bonds. The zero-order valence-corrected chi connectivity index (χ0v) is 18.0. The number of anilines is 3. The van der Waals surface area contributed by atoms with E-state index in [4.69, 9.17) is 9.47 Å². The van der Waals surface area contributed by atoms with Gasteiger partial charge in [-0.3, -0.25) is 4.98 Å². The molecule has 166 valence electrons. The number of rotatable bonds is 8. The van der Waals surface area contributed by atoms with Gasteiger partial charge in [0, 0.05) is 36.1 Å². The second-order valence-electron chi connectivity index (χ2n) is 7.53. The largest absolute Gasteiger partial charge is 0.493 e. The van der Waals surface area contributed by atoms with Crippen molar-refractivity contribution >= 4 is 23.0 Å². The third kappa shape index (κ3) is 4.66. The summed E-state index contributed by atoms with van der Waals surface area (Å²) in [6.45, 7) is 1.03. The van der Waals surface area contributed by atoms with Crippen molar-refractivity contribution in [2.45, 2.75) is 12.3 Å². The van der Waals surface area contributed by atoms with Crippen LogP contribution in [0.3, 0.4) is 0 Å². The summed E-state index contributed by atoms with van der Waals surface area (Å²) in [7, 11) is 1.36. The van der Waals surface area contributed by atoms with Crippen LogP contribution in [0.5, 0.6) is 5.75 Å². The van der Waals surface area contributed by atoms with Crippen molar-refractivity contribution in [2.24, 2.45) is 0 Å². The first-order chi connectivity index (χ1) is 15.7. The lowest BCUT2D eigenvalue weighted by molar-refractivity contribution is 0.0601. The number of nitrogens with zero attached hydrogens (tertiary/aromatic N) is 2. The third-order valence-electron chi connectivity index (χ3n) is 5.61. The van der Waals surface area contributed by atoms with Gasteiger partial charge in [0.25, 0.3) is 0 Å². The lowest BCUT2D eigenvalue weighted by Gasteiger charge is -2.29. The van der Waals surface area contributed by atoms with Crippen LogP contribution in [0.2, 0.25) is 0 Å². The van der Waals surface area contributed by atoms with Crippen molar-refractivity contribution in [3.8, 4) is 5.75 Å². The van der Waals surface area contributed by atoms with E-state index in [2.05, 4.69) is 16.4 Å². The number of carbonyl (C=O) groups excluding carboxylic acids is 1. The average molecular weight is 435 g/mol. The Kier molecular flexibility index (Phi) is 6.84. The topological polar surface area (TPSA) is 63.7 Å². The van der Waals surface area contributed by atoms with Crippen molar-refractivity contribution in [2.75, 3.05) is 43.7 Å². The molecule has 6 nitrogen and oxygen atoms in total. The Hall–Kier alpha value is -3.61. The second-order valence-corrected chi connectivity index (χ2v) is 7.53. The van der Waals surface area contributed by atoms with Crippen molar-refractivity contribution in [3.63, 3.8) is 0 Å². The van der Waals surface area contributed by atoms with Gasteiger partial charge >= 0.3 is 5.97 Å². The van der Waals surface area contributed by atoms with E-state index in [9.17, 15) is 9.18 Å². The van der Waals surface area contributed by atoms with E-state index >= 15 is 0 Å². The molecule has 1 aliphatic rings. The highest BCUT2D eigenvalue weighted by atomic mass is 19.1. The lowest BCUT2D eigenvalue weighted by Crippen LogP contribution is -2.23. The molecule has 0 bridgehead atoms. The summed E-state index contributed by atoms with van der Waals surface area (Å²) in [6.07, 6.45) is 4.04. The van der Waals surface area contributed by atoms with Crippen molar-refractivity contribution in [3.05, 3.63) is 78.1 Å². The van der Waals surface area contributed by atoms with E-state index in [0.717, 1.165) is 29.1 Å². The van der Waals surface area contributed by atoms with E-state index in [1.807, 2.05) is 47.4 Å². The molecule has 1 aromatic heterocycles. The predicted molar refractivity (Wildman–Crippen MR) is 123 cm³/mol. The van der Waals surface area contributed by atoms with Crippen LogP contribution in [-0.4, -0.2) is 44.4 Å². The third-order valence-corrected chi connectivity index (χ3v) is 5.61. The minimum Gasteiger partial charge on any atom is -0.493 e. The van der Waals surface area contributed by atoms with Gasteiger partial charge in [0.1, 0.15) is 12.4 Å². The van der Waals surface area contributed by atoms with Gasteiger partial charge in [-0.15, -0.1) is 0 Å². The molecule has 7 heteroatoms. The number of fused-ring (bicyclic) bond motifs is 1. The number of hydrogen-bond donors (Lipinski definition) is 1. The zero-order chi connectivity index (χ0) is 22.3. The molecule has 32 heavy (non-hydrogen) atoms. The van der Waals surface area contributed by atoms with E-state index in [0.29, 0.717) is 24.4 Å². The van der Waals surface area contributed by atoms with Crippen molar-refractivity contribution in [1.82, 2.24) is 4.98 Å². The standard InChI is InChI=1S/C25H26FN3O3/c1-31-25(30)22-9-12-27-17-23(22)28-16-18-10-14-32-24-15-20(7-8-21(18)24)29(13-11-26)19-5-3-2-4-6-19/h2-9,12,15,17-18,28H,10-11,13-14,16H2,1H3. The maximum atomic E-state index is 13.3. The summed E-state index contributed by atoms with van der Waals surface area (Å²) >= 11 is 0. The van der Waals surface area contributed by atoms with Crippen LogP contribution >= 0.6 is 0 Å². The average Bonchev–Trinajstić information content (AvgIpc) is 2.86. The van der Waals surface area contributed by atoms with Gasteiger partial charge in [-0.25, -0.2) is 9.18 Å². The first-order valence-electron chi connectivity index (χ1n) is 10.6. The molecule has 0 saturated carbocycles. The molecule has 3 aromatic rings. The molecule has 0 aliphatic carbocycles. The number of nitrogens with one attached hydrogen (secondary N) is 1. The predicted octanol–water partition coefficient (Wildman–Crippen LogP) is 4.95. The zero-order valence-electron chi connectivity index (χ0n) is 18.0. The summed E-state index contributed by atoms with van der Waals surface area (Å²) in [5.41, 5.74) is 4.01. The summed E-state index contributed by atoms with van der Waals surface area (Å²) in [4.78, 5) is 18.1. The number of ether oxygens (including phenoxy) is 2. The Morgan fingerprint density at radius 3 is 2.84 bits per heavy atom. The van der Waals surface area contributed by atoms with Gasteiger partial charge in [-0.1, -0.05) is 24.3 Å². The maximum absolute atomic E-state index is 13.3. The minimum absolute atomic E-state index is 0.199. The number of alkyl halides is 1. The van der Waals surface area contributed by atoms with E-state index in [-0.39, 0.29) is 12.5 Å². The van der Waals surface area contributed by atoms with Crippen LogP contribution < -0.4 is 15.0 Å². The quantitative estimate of drug-likeness (QED) is 0.505. The number of esters is 1. The molecule has 0 radical (unpaired) electrons. The molecule has 1 unspecified atom stereocenters. The number of methoxy groups -OCH3 is 1. The highest BCUT2D eigenvalue weighted by molar-refractivity contribution is 5.95. The Morgan fingerprint density at radius 1 is 1.22 bits per heavy atom. The van der Waals surface area contributed by atoms with E-state index < -0.39 is 12.6 Å². The van der Waals surface area contributed by atoms with Gasteiger partial charge in [0.2, 0.25) is 0 Å². The first kappa shape index (κ1) is 21.6. The SMILES string of the molecule is COC(=O)c1ccncc1NCC1CCOc2cc(N(CCF)c3ccccc3)ccc21. The Bertz CT molecular complexity index is 1060. The molecular weight excluding hydrogens is 409 g/mol. The number of carbonyl (C=O) groups is 1. The minimum atomic E-state index is -0.451. The smallest absolute Gasteiger partial charge is 0.340 e. The highest BCUT2D eigenvalue weighted by Crippen LogP contribution is 2.38. The van der Waals surface area contributed by atoms with Crippen LogP contribution in [0.25, 0.3) is 0 Å². The van der Waals surface area contributed by atoms with E-state index in [1.165, 1.54) is 7.11 Å². The summed E-state index contributed by atoms with van der Waals surface area (Å²) in [6, 6.07) is 17.4. The van der Waals surface area contributed by atoms with Gasteiger partial charge in [0.05, 0.1) is 37.7 Å². The number of pyridine rings is 1. The monoisotopic (exact) mass is 435 g/mol. The molecule has 0 fully saturated rings. The van der Waals surface area contributed by atoms with E-state index in [1.54, 1.807) is 18.5 Å². The summed E-state index contributed by atoms with van der Waals surface area (Å²) < 4.78 is 24.1. The van der Waals surface area contributed by atoms with Crippen LogP contribution in [0.1, 0.15) is 28.3 Å². The Labute approximate surface area is 187 Å². The molecule has 1 atom stereocenters. The van der Waals surface area contributed by atoms with Gasteiger partial charge in [0.15, 0.2) is 0 Å². The fraction of sp³-hybridized carbons (Fsp3) is 0.280. The summed E-state index contributed by atoms with van der Waals surface area (Å²) in [5.74, 6) is 0.602. The van der Waals surface area contributed by atoms with Crippen LogP contribution in [0.15, 0.2) is 67.0 Å². The Morgan fingerprint density at radius 2 is 2.06 bits per heavy atom. The number of hydrogen-bond acceptors (Lipinski definition) is 6. The van der Waals surface area contributed by atoms with Crippen LogP contribution in [0.4, 0.5) is 21.5 Å². The molecule has 2 heterocycles. The van der Waals surface area contributed by atoms with Crippen molar-refractivity contribution < 1.29 is 18.7 Å². The normalized spacial score (nSPS) is 14.8. The van der Waals surface area contributed by atoms with Gasteiger partial charge in [-0.2, -0.15) is 0 Å². The molecule has 0 saturated heterocycles. The summed E-state index contributed by atoms with van der Waals surface area (Å²) in [5, 5.41) is 3.34. The fourth-order valence-electron chi connectivity index (χ4n) is 3.99. The number of para-hydroxylation sites is 1. The van der Waals surface area contributed by atoms with Gasteiger partial charge in [-0.05, 0) is 36.2 Å². The first-order valence-corrected chi connectivity index (χ1v) is 10.6. The second kappa shape index (κ2) is 10.1.